The monoisotopic (exact) mass is 442 g/mol. The van der Waals surface area contributed by atoms with Crippen molar-refractivity contribution in [3.63, 3.8) is 0 Å². The van der Waals surface area contributed by atoms with E-state index in [9.17, 15) is 4.79 Å². The number of fused-ring (bicyclic) bond motifs is 2. The quantitative estimate of drug-likeness (QED) is 0.490. The lowest BCUT2D eigenvalue weighted by Gasteiger charge is -2.29. The molecule has 4 nitrogen and oxygen atoms in total. The van der Waals surface area contributed by atoms with E-state index < -0.39 is 0 Å². The van der Waals surface area contributed by atoms with Crippen LogP contribution >= 0.6 is 23.2 Å². The fourth-order valence-electron chi connectivity index (χ4n) is 4.16. The molecule has 1 aliphatic carbocycles. The number of hydrogen-bond acceptors (Lipinski definition) is 4. The first-order valence-electron chi connectivity index (χ1n) is 9.40. The van der Waals surface area contributed by atoms with Crippen molar-refractivity contribution in [1.82, 2.24) is 0 Å². The summed E-state index contributed by atoms with van der Waals surface area (Å²) in [6, 6.07) is 14.6. The summed E-state index contributed by atoms with van der Waals surface area (Å²) >= 11 is 13.2. The number of halogens is 2. The van der Waals surface area contributed by atoms with Crippen LogP contribution in [-0.4, -0.2) is 27.1 Å². The molecule has 0 heterocycles. The van der Waals surface area contributed by atoms with Gasteiger partial charge < -0.3 is 14.2 Å². The fourth-order valence-corrected chi connectivity index (χ4v) is 4.77. The van der Waals surface area contributed by atoms with Crippen LogP contribution in [0.3, 0.4) is 0 Å². The highest BCUT2D eigenvalue weighted by atomic mass is 35.5. The molecule has 0 spiro atoms. The van der Waals surface area contributed by atoms with E-state index in [1.54, 1.807) is 45.6 Å². The Morgan fingerprint density at radius 1 is 0.800 bits per heavy atom. The minimum absolute atomic E-state index is 0.0638. The highest BCUT2D eigenvalue weighted by Gasteiger charge is 2.34. The Bertz CT molecular complexity index is 1060. The topological polar surface area (TPSA) is 44.8 Å². The Labute approximate surface area is 185 Å². The average Bonchev–Trinajstić information content (AvgIpc) is 2.75. The number of ether oxygens (including phenoxy) is 3. The summed E-state index contributed by atoms with van der Waals surface area (Å²) in [5.74, 6) is 1.40. The average molecular weight is 443 g/mol. The van der Waals surface area contributed by atoms with Gasteiger partial charge in [0.05, 0.1) is 21.3 Å². The molecule has 0 aromatic heterocycles. The molecule has 1 aliphatic rings. The molecule has 0 aliphatic heterocycles. The second kappa shape index (κ2) is 8.21. The second-order valence-electron chi connectivity index (χ2n) is 7.02. The third-order valence-corrected chi connectivity index (χ3v) is 6.12. The first kappa shape index (κ1) is 20.6. The summed E-state index contributed by atoms with van der Waals surface area (Å²) < 4.78 is 16.4. The van der Waals surface area contributed by atoms with E-state index in [0.29, 0.717) is 44.8 Å². The van der Waals surface area contributed by atoms with E-state index in [-0.39, 0.29) is 11.7 Å². The van der Waals surface area contributed by atoms with Crippen molar-refractivity contribution < 1.29 is 19.0 Å². The first-order chi connectivity index (χ1) is 14.5. The molecule has 0 radical (unpaired) electrons. The van der Waals surface area contributed by atoms with Gasteiger partial charge in [0.2, 0.25) is 5.75 Å². The number of benzene rings is 3. The Morgan fingerprint density at radius 2 is 1.30 bits per heavy atom. The Morgan fingerprint density at radius 3 is 1.73 bits per heavy atom. The van der Waals surface area contributed by atoms with Gasteiger partial charge in [-0.2, -0.15) is 0 Å². The van der Waals surface area contributed by atoms with E-state index in [2.05, 4.69) is 0 Å². The predicted molar refractivity (Wildman–Crippen MR) is 118 cm³/mol. The summed E-state index contributed by atoms with van der Waals surface area (Å²) in [5.41, 5.74) is 3.74. The maximum Gasteiger partial charge on any atom is 0.203 e. The van der Waals surface area contributed by atoms with Gasteiger partial charge in [-0.3, -0.25) is 4.79 Å². The molecule has 0 unspecified atom stereocenters. The van der Waals surface area contributed by atoms with Gasteiger partial charge in [-0.25, -0.2) is 0 Å². The highest BCUT2D eigenvalue weighted by Crippen LogP contribution is 2.46. The SMILES string of the molecule is COc1cc(CC2c3c(Cl)cccc3C(=O)c3cccc(Cl)c32)cc(OC)c1OC. The second-order valence-corrected chi connectivity index (χ2v) is 7.84. The van der Waals surface area contributed by atoms with E-state index in [0.717, 1.165) is 16.7 Å². The molecule has 30 heavy (non-hydrogen) atoms. The maximum atomic E-state index is 13.1. The fraction of sp³-hybridized carbons (Fsp3) is 0.208. The molecule has 0 saturated heterocycles. The van der Waals surface area contributed by atoms with Crippen molar-refractivity contribution in [1.29, 1.82) is 0 Å². The summed E-state index contributed by atoms with van der Waals surface area (Å²) in [5, 5.41) is 1.09. The van der Waals surface area contributed by atoms with Crippen LogP contribution in [-0.2, 0) is 6.42 Å². The van der Waals surface area contributed by atoms with Crippen LogP contribution in [0.2, 0.25) is 10.0 Å². The molecule has 0 saturated carbocycles. The third-order valence-electron chi connectivity index (χ3n) is 5.46. The number of ketones is 1. The van der Waals surface area contributed by atoms with Gasteiger partial charge >= 0.3 is 0 Å². The van der Waals surface area contributed by atoms with Crippen molar-refractivity contribution in [3.05, 3.63) is 86.4 Å². The number of carbonyl (C=O) groups is 1. The minimum atomic E-state index is -0.196. The normalized spacial score (nSPS) is 12.9. The largest absolute Gasteiger partial charge is 0.493 e. The first-order valence-corrected chi connectivity index (χ1v) is 10.2. The molecule has 0 atom stereocenters. The Kier molecular flexibility index (Phi) is 5.63. The number of carbonyl (C=O) groups excluding carboxylic acids is 1. The zero-order valence-electron chi connectivity index (χ0n) is 16.8. The van der Waals surface area contributed by atoms with Gasteiger partial charge in [-0.1, -0.05) is 47.5 Å². The molecule has 0 N–H and O–H groups in total. The predicted octanol–water partition coefficient (Wildman–Crippen LogP) is 5.94. The van der Waals surface area contributed by atoms with Crippen molar-refractivity contribution in [2.24, 2.45) is 0 Å². The van der Waals surface area contributed by atoms with Crippen LogP contribution in [0.25, 0.3) is 0 Å². The molecule has 0 bridgehead atoms. The zero-order valence-corrected chi connectivity index (χ0v) is 18.3. The van der Waals surface area contributed by atoms with Crippen LogP contribution in [0.5, 0.6) is 17.2 Å². The summed E-state index contributed by atoms with van der Waals surface area (Å²) in [7, 11) is 4.73. The maximum absolute atomic E-state index is 13.1. The van der Waals surface area contributed by atoms with Gasteiger partial charge in [0.25, 0.3) is 0 Å². The summed E-state index contributed by atoms with van der Waals surface area (Å²) in [6.07, 6.45) is 0.553. The molecule has 3 aromatic rings. The summed E-state index contributed by atoms with van der Waals surface area (Å²) in [6.45, 7) is 0. The van der Waals surface area contributed by atoms with E-state index in [1.807, 2.05) is 24.3 Å². The lowest BCUT2D eigenvalue weighted by atomic mass is 9.75. The molecule has 6 heteroatoms. The molecule has 4 rings (SSSR count). The smallest absolute Gasteiger partial charge is 0.203 e. The van der Waals surface area contributed by atoms with E-state index in [4.69, 9.17) is 37.4 Å². The standard InChI is InChI=1S/C24H20Cl2O4/c1-28-19-11-13(12-20(29-2)24(19)30-3)10-16-21-14(6-4-8-17(21)25)23(27)15-7-5-9-18(26)22(15)16/h4-9,11-12,16H,10H2,1-3H3. The molecular weight excluding hydrogens is 423 g/mol. The zero-order chi connectivity index (χ0) is 21.4. The van der Waals surface area contributed by atoms with Gasteiger partial charge in [0, 0.05) is 27.1 Å². The molecule has 154 valence electrons. The third kappa shape index (κ3) is 3.30. The van der Waals surface area contributed by atoms with Crippen LogP contribution in [0.1, 0.15) is 38.5 Å². The molecule has 0 amide bonds. The van der Waals surface area contributed by atoms with Crippen LogP contribution in [0.4, 0.5) is 0 Å². The van der Waals surface area contributed by atoms with Crippen LogP contribution in [0.15, 0.2) is 48.5 Å². The van der Waals surface area contributed by atoms with Crippen molar-refractivity contribution in [3.8, 4) is 17.2 Å². The van der Waals surface area contributed by atoms with Crippen LogP contribution < -0.4 is 14.2 Å². The van der Waals surface area contributed by atoms with Gasteiger partial charge in [-0.05, 0) is 47.4 Å². The van der Waals surface area contributed by atoms with E-state index in [1.165, 1.54) is 0 Å². The van der Waals surface area contributed by atoms with Crippen LogP contribution in [0, 0.1) is 0 Å². The highest BCUT2D eigenvalue weighted by molar-refractivity contribution is 6.34. The number of rotatable bonds is 5. The van der Waals surface area contributed by atoms with Gasteiger partial charge in [0.1, 0.15) is 0 Å². The summed E-state index contributed by atoms with van der Waals surface area (Å²) in [4.78, 5) is 13.1. The Balaban J connectivity index is 1.91. The lowest BCUT2D eigenvalue weighted by molar-refractivity contribution is 0.103. The molecule has 0 fully saturated rings. The van der Waals surface area contributed by atoms with Gasteiger partial charge in [-0.15, -0.1) is 0 Å². The molecule has 3 aromatic carbocycles. The lowest BCUT2D eigenvalue weighted by Crippen LogP contribution is -2.22. The number of hydrogen-bond donors (Lipinski definition) is 0. The van der Waals surface area contributed by atoms with E-state index >= 15 is 0 Å². The number of methoxy groups -OCH3 is 3. The van der Waals surface area contributed by atoms with Crippen molar-refractivity contribution >= 4 is 29.0 Å². The van der Waals surface area contributed by atoms with Crippen molar-refractivity contribution in [2.45, 2.75) is 12.3 Å². The Hall–Kier alpha value is -2.69. The van der Waals surface area contributed by atoms with Crippen molar-refractivity contribution in [2.75, 3.05) is 21.3 Å². The minimum Gasteiger partial charge on any atom is -0.493 e. The van der Waals surface area contributed by atoms with Gasteiger partial charge in [0.15, 0.2) is 17.3 Å². The molecular formula is C24H20Cl2O4.